The fourth-order valence-electron chi connectivity index (χ4n) is 1.25. The average molecular weight is 226 g/mol. The first kappa shape index (κ1) is 12.2. The second kappa shape index (κ2) is 5.91. The van der Waals surface area contributed by atoms with Crippen LogP contribution in [0.15, 0.2) is 12.1 Å². The van der Waals surface area contributed by atoms with Crippen LogP contribution in [0, 0.1) is 0 Å². The third-order valence-corrected chi connectivity index (χ3v) is 3.11. The summed E-state index contributed by atoms with van der Waals surface area (Å²) in [5.41, 5.74) is 0. The minimum atomic E-state index is -0.197. The standard InChI is InChI=1S/C12H18O2S/c1-4-5-6-10-7-8-11(15-10)12(13)14-9(2)3/h7-9H,4-6H2,1-3H3. The molecule has 0 bridgehead atoms. The van der Waals surface area contributed by atoms with E-state index in [2.05, 4.69) is 6.92 Å². The number of hydrogen-bond acceptors (Lipinski definition) is 3. The molecular weight excluding hydrogens is 208 g/mol. The van der Waals surface area contributed by atoms with Gasteiger partial charge in [-0.1, -0.05) is 13.3 Å². The summed E-state index contributed by atoms with van der Waals surface area (Å²) < 4.78 is 5.13. The Kier molecular flexibility index (Phi) is 4.82. The van der Waals surface area contributed by atoms with Crippen molar-refractivity contribution in [3.8, 4) is 0 Å². The summed E-state index contributed by atoms with van der Waals surface area (Å²) in [5.74, 6) is -0.197. The number of unbranched alkanes of at least 4 members (excludes halogenated alkanes) is 1. The molecule has 0 amide bonds. The number of carbonyl (C=O) groups excluding carboxylic acids is 1. The van der Waals surface area contributed by atoms with Gasteiger partial charge >= 0.3 is 5.97 Å². The molecule has 1 rings (SSSR count). The van der Waals surface area contributed by atoms with Gasteiger partial charge in [0.05, 0.1) is 6.10 Å². The van der Waals surface area contributed by atoms with Gasteiger partial charge in [-0.3, -0.25) is 0 Å². The molecule has 0 unspecified atom stereocenters. The minimum Gasteiger partial charge on any atom is -0.459 e. The van der Waals surface area contributed by atoms with E-state index in [-0.39, 0.29) is 12.1 Å². The molecule has 0 saturated carbocycles. The van der Waals surface area contributed by atoms with Crippen molar-refractivity contribution in [2.75, 3.05) is 0 Å². The lowest BCUT2D eigenvalue weighted by atomic mass is 10.2. The SMILES string of the molecule is CCCCc1ccc(C(=O)OC(C)C)s1. The summed E-state index contributed by atoms with van der Waals surface area (Å²) in [4.78, 5) is 13.5. The lowest BCUT2D eigenvalue weighted by molar-refractivity contribution is 0.0384. The quantitative estimate of drug-likeness (QED) is 0.716. The van der Waals surface area contributed by atoms with Crippen LogP contribution in [-0.4, -0.2) is 12.1 Å². The van der Waals surface area contributed by atoms with Crippen LogP contribution < -0.4 is 0 Å². The highest BCUT2D eigenvalue weighted by Gasteiger charge is 2.11. The molecule has 1 aromatic heterocycles. The largest absolute Gasteiger partial charge is 0.459 e. The lowest BCUT2D eigenvalue weighted by Gasteiger charge is -2.05. The maximum Gasteiger partial charge on any atom is 0.348 e. The molecule has 15 heavy (non-hydrogen) atoms. The molecule has 0 aliphatic carbocycles. The van der Waals surface area contributed by atoms with Crippen molar-refractivity contribution in [1.29, 1.82) is 0 Å². The summed E-state index contributed by atoms with van der Waals surface area (Å²) >= 11 is 1.55. The molecule has 1 aromatic rings. The zero-order valence-corrected chi connectivity index (χ0v) is 10.4. The zero-order chi connectivity index (χ0) is 11.3. The molecule has 0 aliphatic rings. The first-order valence-electron chi connectivity index (χ1n) is 5.43. The predicted molar refractivity (Wildman–Crippen MR) is 63.5 cm³/mol. The van der Waals surface area contributed by atoms with E-state index >= 15 is 0 Å². The van der Waals surface area contributed by atoms with Crippen molar-refractivity contribution < 1.29 is 9.53 Å². The van der Waals surface area contributed by atoms with Crippen molar-refractivity contribution >= 4 is 17.3 Å². The third kappa shape index (κ3) is 4.04. The number of ether oxygens (including phenoxy) is 1. The Labute approximate surface area is 95.3 Å². The number of thiophene rings is 1. The first-order chi connectivity index (χ1) is 7.13. The van der Waals surface area contributed by atoms with Crippen LogP contribution in [0.4, 0.5) is 0 Å². The molecule has 1 heterocycles. The van der Waals surface area contributed by atoms with E-state index in [4.69, 9.17) is 4.74 Å². The highest BCUT2D eigenvalue weighted by Crippen LogP contribution is 2.19. The molecule has 3 heteroatoms. The maximum atomic E-state index is 11.5. The number of esters is 1. The molecule has 84 valence electrons. The van der Waals surface area contributed by atoms with Crippen molar-refractivity contribution in [3.05, 3.63) is 21.9 Å². The third-order valence-electron chi connectivity index (χ3n) is 1.98. The van der Waals surface area contributed by atoms with Crippen LogP contribution in [0.1, 0.15) is 48.2 Å². The van der Waals surface area contributed by atoms with Gasteiger partial charge in [0.25, 0.3) is 0 Å². The van der Waals surface area contributed by atoms with Gasteiger partial charge in [0.15, 0.2) is 0 Å². The summed E-state index contributed by atoms with van der Waals surface area (Å²) in [6.45, 7) is 5.90. The topological polar surface area (TPSA) is 26.3 Å². The Morgan fingerprint density at radius 2 is 2.20 bits per heavy atom. The lowest BCUT2D eigenvalue weighted by Crippen LogP contribution is -2.09. The van der Waals surface area contributed by atoms with Crippen LogP contribution in [0.5, 0.6) is 0 Å². The number of hydrogen-bond donors (Lipinski definition) is 0. The van der Waals surface area contributed by atoms with Crippen LogP contribution in [0.3, 0.4) is 0 Å². The molecule has 0 fully saturated rings. The molecule has 0 aromatic carbocycles. The smallest absolute Gasteiger partial charge is 0.348 e. The molecule has 0 radical (unpaired) electrons. The van der Waals surface area contributed by atoms with Crippen molar-refractivity contribution in [1.82, 2.24) is 0 Å². The van der Waals surface area contributed by atoms with Crippen LogP contribution >= 0.6 is 11.3 Å². The molecule has 0 spiro atoms. The summed E-state index contributed by atoms with van der Waals surface area (Å²) in [5, 5.41) is 0. The average Bonchev–Trinajstić information content (AvgIpc) is 2.62. The van der Waals surface area contributed by atoms with Gasteiger partial charge in [0, 0.05) is 4.88 Å². The maximum absolute atomic E-state index is 11.5. The summed E-state index contributed by atoms with van der Waals surface area (Å²) in [7, 11) is 0. The van der Waals surface area contributed by atoms with Gasteiger partial charge in [-0.25, -0.2) is 4.79 Å². The zero-order valence-electron chi connectivity index (χ0n) is 9.58. The second-order valence-corrected chi connectivity index (χ2v) is 4.99. The number of carbonyl (C=O) groups is 1. The number of rotatable bonds is 5. The molecule has 2 nitrogen and oxygen atoms in total. The highest BCUT2D eigenvalue weighted by atomic mass is 32.1. The summed E-state index contributed by atoms with van der Waals surface area (Å²) in [6.07, 6.45) is 3.39. The van der Waals surface area contributed by atoms with E-state index in [1.807, 2.05) is 26.0 Å². The normalized spacial score (nSPS) is 10.7. The van der Waals surface area contributed by atoms with Gasteiger partial charge in [-0.15, -0.1) is 11.3 Å². The van der Waals surface area contributed by atoms with E-state index in [9.17, 15) is 4.79 Å². The summed E-state index contributed by atoms with van der Waals surface area (Å²) in [6, 6.07) is 3.89. The molecule has 0 aliphatic heterocycles. The fraction of sp³-hybridized carbons (Fsp3) is 0.583. The highest BCUT2D eigenvalue weighted by molar-refractivity contribution is 7.13. The Morgan fingerprint density at radius 3 is 2.80 bits per heavy atom. The van der Waals surface area contributed by atoms with Crippen LogP contribution in [-0.2, 0) is 11.2 Å². The Bertz CT molecular complexity index is 315. The van der Waals surface area contributed by atoms with Crippen LogP contribution in [0.25, 0.3) is 0 Å². The van der Waals surface area contributed by atoms with Gasteiger partial charge in [0.2, 0.25) is 0 Å². The first-order valence-corrected chi connectivity index (χ1v) is 6.24. The van der Waals surface area contributed by atoms with Gasteiger partial charge in [0.1, 0.15) is 4.88 Å². The Morgan fingerprint density at radius 1 is 1.47 bits per heavy atom. The Balaban J connectivity index is 2.55. The van der Waals surface area contributed by atoms with E-state index < -0.39 is 0 Å². The van der Waals surface area contributed by atoms with E-state index in [0.29, 0.717) is 0 Å². The molecule has 0 atom stereocenters. The monoisotopic (exact) mass is 226 g/mol. The van der Waals surface area contributed by atoms with Gasteiger partial charge in [-0.2, -0.15) is 0 Å². The van der Waals surface area contributed by atoms with E-state index in [1.165, 1.54) is 17.7 Å². The Hall–Kier alpha value is -0.830. The van der Waals surface area contributed by atoms with Crippen molar-refractivity contribution in [2.24, 2.45) is 0 Å². The van der Waals surface area contributed by atoms with Crippen molar-refractivity contribution in [2.45, 2.75) is 46.1 Å². The van der Waals surface area contributed by atoms with Crippen molar-refractivity contribution in [3.63, 3.8) is 0 Å². The molecular formula is C12H18O2S. The predicted octanol–water partition coefficient (Wildman–Crippen LogP) is 3.66. The number of aryl methyl sites for hydroxylation is 1. The second-order valence-electron chi connectivity index (χ2n) is 3.82. The van der Waals surface area contributed by atoms with Gasteiger partial charge in [-0.05, 0) is 38.8 Å². The molecule has 0 N–H and O–H groups in total. The van der Waals surface area contributed by atoms with E-state index in [1.54, 1.807) is 11.3 Å². The van der Waals surface area contributed by atoms with E-state index in [0.717, 1.165) is 11.3 Å². The minimum absolute atomic E-state index is 0.0429. The molecule has 0 saturated heterocycles. The van der Waals surface area contributed by atoms with Crippen LogP contribution in [0.2, 0.25) is 0 Å². The van der Waals surface area contributed by atoms with Gasteiger partial charge < -0.3 is 4.74 Å². The fourth-order valence-corrected chi connectivity index (χ4v) is 2.18.